The Labute approximate surface area is 143 Å². The van der Waals surface area contributed by atoms with Gasteiger partial charge in [-0.25, -0.2) is 14.8 Å². The molecule has 0 atom stereocenters. The molecule has 0 aromatic carbocycles. The molecular weight excluding hydrogens is 376 g/mol. The van der Waals surface area contributed by atoms with Gasteiger partial charge in [-0.3, -0.25) is 4.68 Å². The summed E-state index contributed by atoms with van der Waals surface area (Å²) in [4.78, 5) is 19.4. The molecule has 7 nitrogen and oxygen atoms in total. The zero-order chi connectivity index (χ0) is 17.9. The van der Waals surface area contributed by atoms with Crippen LogP contribution in [-0.4, -0.2) is 52.2 Å². The van der Waals surface area contributed by atoms with Crippen molar-refractivity contribution in [3.05, 3.63) is 16.1 Å². The highest BCUT2D eigenvalue weighted by molar-refractivity contribution is 6.35. The number of ether oxygens (including phenoxy) is 2. The van der Waals surface area contributed by atoms with Crippen molar-refractivity contribution in [3.63, 3.8) is 0 Å². The number of carbonyl (C=O) groups is 1. The van der Waals surface area contributed by atoms with E-state index in [1.807, 2.05) is 0 Å². The first-order chi connectivity index (χ1) is 11.2. The first-order valence-electron chi connectivity index (χ1n) is 6.55. The van der Waals surface area contributed by atoms with Crippen molar-refractivity contribution in [2.75, 3.05) is 20.3 Å². The monoisotopic (exact) mass is 386 g/mol. The van der Waals surface area contributed by atoms with Crippen LogP contribution in [-0.2, 0) is 16.0 Å². The summed E-state index contributed by atoms with van der Waals surface area (Å²) >= 11 is 11.7. The van der Waals surface area contributed by atoms with E-state index in [0.29, 0.717) is 0 Å². The normalized spacial score (nSPS) is 11.9. The van der Waals surface area contributed by atoms with E-state index in [0.717, 1.165) is 7.11 Å². The van der Waals surface area contributed by atoms with Crippen LogP contribution in [0.2, 0.25) is 10.4 Å². The van der Waals surface area contributed by atoms with Crippen LogP contribution in [0.15, 0.2) is 0 Å². The van der Waals surface area contributed by atoms with E-state index in [4.69, 9.17) is 27.9 Å². The van der Waals surface area contributed by atoms with Crippen LogP contribution in [0.4, 0.5) is 13.2 Å². The van der Waals surface area contributed by atoms with Crippen LogP contribution in [0.5, 0.6) is 0 Å². The number of alkyl halides is 3. The Morgan fingerprint density at radius 3 is 2.58 bits per heavy atom. The molecule has 24 heavy (non-hydrogen) atoms. The van der Waals surface area contributed by atoms with Crippen molar-refractivity contribution in [2.45, 2.75) is 19.1 Å². The average Bonchev–Trinajstić information content (AvgIpc) is 2.83. The second kappa shape index (κ2) is 7.49. The van der Waals surface area contributed by atoms with Crippen LogP contribution < -0.4 is 0 Å². The van der Waals surface area contributed by atoms with E-state index < -0.39 is 25.2 Å². The molecule has 132 valence electrons. The Balaban J connectivity index is 2.19. The molecule has 0 spiro atoms. The van der Waals surface area contributed by atoms with Crippen LogP contribution in [0, 0.1) is 0 Å². The third-order valence-corrected chi connectivity index (χ3v) is 3.31. The predicted molar refractivity (Wildman–Crippen MR) is 78.2 cm³/mol. The molecule has 0 aliphatic carbocycles. The summed E-state index contributed by atoms with van der Waals surface area (Å²) in [6.45, 7) is -0.523. The quantitative estimate of drug-likeness (QED) is 0.328. The van der Waals surface area contributed by atoms with Crippen molar-refractivity contribution >= 4 is 40.2 Å². The highest BCUT2D eigenvalue weighted by atomic mass is 35.5. The van der Waals surface area contributed by atoms with Crippen molar-refractivity contribution in [3.8, 4) is 0 Å². The van der Waals surface area contributed by atoms with E-state index >= 15 is 0 Å². The first-order valence-corrected chi connectivity index (χ1v) is 7.31. The molecule has 2 rings (SSSR count). The van der Waals surface area contributed by atoms with Gasteiger partial charge >= 0.3 is 12.1 Å². The summed E-state index contributed by atoms with van der Waals surface area (Å²) in [5, 5.41) is 3.77. The zero-order valence-corrected chi connectivity index (χ0v) is 13.7. The molecule has 0 saturated heterocycles. The molecule has 0 bridgehead atoms. The van der Waals surface area contributed by atoms with Crippen molar-refractivity contribution in [2.24, 2.45) is 0 Å². The van der Waals surface area contributed by atoms with Gasteiger partial charge in [0.05, 0.1) is 33.3 Å². The third-order valence-electron chi connectivity index (χ3n) is 2.87. The summed E-state index contributed by atoms with van der Waals surface area (Å²) in [6.07, 6.45) is -5.34. The first kappa shape index (κ1) is 18.7. The number of aromatic nitrogens is 4. The van der Waals surface area contributed by atoms with E-state index in [1.165, 1.54) is 4.68 Å². The van der Waals surface area contributed by atoms with Gasteiger partial charge in [-0.05, 0) is 11.6 Å². The van der Waals surface area contributed by atoms with Gasteiger partial charge in [-0.15, -0.1) is 0 Å². The lowest BCUT2D eigenvalue weighted by Crippen LogP contribution is -2.14. The zero-order valence-electron chi connectivity index (χ0n) is 12.2. The summed E-state index contributed by atoms with van der Waals surface area (Å²) in [5.41, 5.74) is 0.164. The Bertz CT molecular complexity index is 751. The van der Waals surface area contributed by atoms with Gasteiger partial charge < -0.3 is 9.47 Å². The van der Waals surface area contributed by atoms with E-state index in [-0.39, 0.29) is 40.3 Å². The van der Waals surface area contributed by atoms with Crippen LogP contribution in [0.25, 0.3) is 11.0 Å². The van der Waals surface area contributed by atoms with Gasteiger partial charge in [-0.2, -0.15) is 18.3 Å². The molecule has 2 aromatic heterocycles. The summed E-state index contributed by atoms with van der Waals surface area (Å²) < 4.78 is 46.9. The fraction of sp³-hybridized carbons (Fsp3) is 0.500. The standard InChI is InChI=1S/C12H11Cl2F3N4O3/c1-23-10(22)7-6-8(9(13)19-11(14)18-6)21(20-7)3-5-24-4-2-12(15,16)17/h2-5H2,1H3. The minimum atomic E-state index is -4.29. The van der Waals surface area contributed by atoms with E-state index in [1.54, 1.807) is 0 Å². The number of hydrogen-bond donors (Lipinski definition) is 0. The van der Waals surface area contributed by atoms with Crippen molar-refractivity contribution in [1.29, 1.82) is 0 Å². The number of nitrogens with zero attached hydrogens (tertiary/aromatic N) is 4. The second-order valence-corrected chi connectivity index (χ2v) is 5.22. The number of halogens is 5. The average molecular weight is 387 g/mol. The van der Waals surface area contributed by atoms with E-state index in [2.05, 4.69) is 19.8 Å². The minimum absolute atomic E-state index is 0.0378. The van der Waals surface area contributed by atoms with Gasteiger partial charge in [0.2, 0.25) is 5.28 Å². The van der Waals surface area contributed by atoms with Crippen LogP contribution >= 0.6 is 23.2 Å². The summed E-state index contributed by atoms with van der Waals surface area (Å²) in [7, 11) is 1.16. The van der Waals surface area contributed by atoms with Crippen LogP contribution in [0.3, 0.4) is 0 Å². The lowest BCUT2D eigenvalue weighted by Gasteiger charge is -2.08. The Hall–Kier alpha value is -1.65. The second-order valence-electron chi connectivity index (χ2n) is 4.52. The fourth-order valence-electron chi connectivity index (χ4n) is 1.85. The predicted octanol–water partition coefficient (Wildman–Crippen LogP) is 2.89. The smallest absolute Gasteiger partial charge is 0.391 e. The molecule has 0 unspecified atom stereocenters. The number of hydrogen-bond acceptors (Lipinski definition) is 6. The molecule has 0 fully saturated rings. The molecule has 0 aliphatic heterocycles. The maximum atomic E-state index is 12.0. The molecule has 0 aliphatic rings. The molecular formula is C12H11Cl2F3N4O3. The number of fused-ring (bicyclic) bond motifs is 1. The lowest BCUT2D eigenvalue weighted by atomic mass is 10.3. The molecule has 0 N–H and O–H groups in total. The minimum Gasteiger partial charge on any atom is -0.464 e. The number of methoxy groups -OCH3 is 1. The van der Waals surface area contributed by atoms with Gasteiger partial charge in [-0.1, -0.05) is 11.6 Å². The Morgan fingerprint density at radius 2 is 1.96 bits per heavy atom. The fourth-order valence-corrected chi connectivity index (χ4v) is 2.33. The summed E-state index contributed by atoms with van der Waals surface area (Å²) in [6, 6.07) is 0. The molecule has 2 aromatic rings. The maximum Gasteiger partial charge on any atom is 0.391 e. The van der Waals surface area contributed by atoms with Crippen LogP contribution in [0.1, 0.15) is 16.9 Å². The number of carbonyl (C=O) groups excluding carboxylic acids is 1. The van der Waals surface area contributed by atoms with Gasteiger partial charge in [0.15, 0.2) is 10.8 Å². The number of rotatable bonds is 6. The van der Waals surface area contributed by atoms with Crippen molar-refractivity contribution < 1.29 is 27.4 Å². The van der Waals surface area contributed by atoms with Crippen molar-refractivity contribution in [1.82, 2.24) is 19.7 Å². The molecule has 0 amide bonds. The Kier molecular flexibility index (Phi) is 5.83. The molecule has 12 heteroatoms. The van der Waals surface area contributed by atoms with Gasteiger partial charge in [0.25, 0.3) is 0 Å². The van der Waals surface area contributed by atoms with E-state index in [9.17, 15) is 18.0 Å². The molecule has 0 saturated carbocycles. The molecule has 0 radical (unpaired) electrons. The topological polar surface area (TPSA) is 79.1 Å². The SMILES string of the molecule is COC(=O)c1nn(CCOCCC(F)(F)F)c2c(Cl)nc(Cl)nc12. The highest BCUT2D eigenvalue weighted by Gasteiger charge is 2.26. The lowest BCUT2D eigenvalue weighted by molar-refractivity contribution is -0.145. The third kappa shape index (κ3) is 4.46. The highest BCUT2D eigenvalue weighted by Crippen LogP contribution is 2.25. The number of esters is 1. The largest absolute Gasteiger partial charge is 0.464 e. The molecule has 2 heterocycles. The Morgan fingerprint density at radius 1 is 1.25 bits per heavy atom. The maximum absolute atomic E-state index is 12.0. The van der Waals surface area contributed by atoms with Gasteiger partial charge in [0.1, 0.15) is 11.0 Å². The summed E-state index contributed by atoms with van der Waals surface area (Å²) in [5.74, 6) is -0.762. The van der Waals surface area contributed by atoms with Gasteiger partial charge in [0, 0.05) is 0 Å².